The summed E-state index contributed by atoms with van der Waals surface area (Å²) in [4.78, 5) is 8.18. The van der Waals surface area contributed by atoms with E-state index in [1.165, 1.54) is 32.4 Å². The van der Waals surface area contributed by atoms with E-state index in [1.54, 1.807) is 0 Å². The summed E-state index contributed by atoms with van der Waals surface area (Å²) < 4.78 is 0. The van der Waals surface area contributed by atoms with Crippen molar-refractivity contribution in [2.24, 2.45) is 5.92 Å². The molecule has 138 valence electrons. The molecule has 0 aliphatic carbocycles. The zero-order valence-electron chi connectivity index (χ0n) is 15.5. The second-order valence-corrected chi connectivity index (χ2v) is 7.46. The topological polar surface area (TPSA) is 24.5 Å². The molecule has 0 bridgehead atoms. The number of piperidine rings is 1. The highest BCUT2D eigenvalue weighted by molar-refractivity contribution is 6.30. The molecule has 2 rings (SSSR count). The van der Waals surface area contributed by atoms with Crippen LogP contribution < -0.4 is 5.48 Å². The second-order valence-electron chi connectivity index (χ2n) is 7.03. The lowest BCUT2D eigenvalue weighted by atomic mass is 10.1. The molecule has 0 unspecified atom stereocenters. The third kappa shape index (κ3) is 8.57. The molecule has 25 heavy (non-hydrogen) atoms. The lowest BCUT2D eigenvalue weighted by Crippen LogP contribution is -2.33. The van der Waals surface area contributed by atoms with Crippen LogP contribution in [-0.2, 0) is 4.84 Å². The van der Waals surface area contributed by atoms with Gasteiger partial charge in [0.25, 0.3) is 0 Å². The van der Waals surface area contributed by atoms with E-state index < -0.39 is 0 Å². The summed E-state index contributed by atoms with van der Waals surface area (Å²) in [6.45, 7) is 8.54. The van der Waals surface area contributed by atoms with Crippen LogP contribution in [0.25, 0.3) is 6.08 Å². The highest BCUT2D eigenvalue weighted by Gasteiger charge is 2.09. The Balaban J connectivity index is 1.82. The third-order valence-electron chi connectivity index (χ3n) is 4.28. The maximum atomic E-state index is 5.94. The first-order valence-electron chi connectivity index (χ1n) is 9.37. The van der Waals surface area contributed by atoms with Crippen LogP contribution in [0, 0.1) is 5.92 Å². The minimum atomic E-state index is 0.620. The number of likely N-dealkylation sites (tertiary alicyclic amines) is 1. The molecule has 1 heterocycles. The first-order valence-corrected chi connectivity index (χ1v) is 9.75. The molecule has 0 radical (unpaired) electrons. The van der Waals surface area contributed by atoms with Crippen molar-refractivity contribution in [2.75, 3.05) is 26.2 Å². The molecule has 0 spiro atoms. The lowest BCUT2D eigenvalue weighted by Gasteiger charge is -2.26. The number of hydrogen-bond acceptors (Lipinski definition) is 3. The van der Waals surface area contributed by atoms with Crippen LogP contribution in [0.3, 0.4) is 0 Å². The number of hydrogen-bond donors (Lipinski definition) is 1. The first kappa shape index (κ1) is 20.0. The molecule has 1 aromatic carbocycles. The number of allylic oxidation sites excluding steroid dienone is 2. The van der Waals surface area contributed by atoms with Gasteiger partial charge < -0.3 is 4.90 Å². The zero-order valence-corrected chi connectivity index (χ0v) is 16.3. The molecule has 1 N–H and O–H groups in total. The standard InChI is InChI=1S/C21H31ClN2O/c1-18(2)6-12-21(13-9-19-7-10-20(22)11-8-19)23-25-17-16-24-14-4-3-5-15-24/h7-13,18,23H,3-6,14-17H2,1-2H3. The van der Waals surface area contributed by atoms with E-state index in [0.29, 0.717) is 12.5 Å². The van der Waals surface area contributed by atoms with E-state index in [0.717, 1.165) is 29.2 Å². The minimum absolute atomic E-state index is 0.620. The number of rotatable bonds is 9. The molecule has 1 aliphatic rings. The smallest absolute Gasteiger partial charge is 0.0873 e. The Morgan fingerprint density at radius 2 is 1.92 bits per heavy atom. The van der Waals surface area contributed by atoms with Crippen molar-refractivity contribution >= 4 is 17.7 Å². The van der Waals surface area contributed by atoms with Crippen LogP contribution in [0.15, 0.2) is 42.1 Å². The maximum absolute atomic E-state index is 5.94. The Kier molecular flexibility index (Phi) is 9.09. The molecule has 4 heteroatoms. The van der Waals surface area contributed by atoms with E-state index in [-0.39, 0.29) is 0 Å². The minimum Gasteiger partial charge on any atom is -0.301 e. The average molecular weight is 363 g/mol. The van der Waals surface area contributed by atoms with Gasteiger partial charge in [-0.1, -0.05) is 56.2 Å². The van der Waals surface area contributed by atoms with Gasteiger partial charge in [-0.25, -0.2) is 0 Å². The molecule has 0 atom stereocenters. The fourth-order valence-corrected chi connectivity index (χ4v) is 2.88. The summed E-state index contributed by atoms with van der Waals surface area (Å²) in [6.07, 6.45) is 11.3. The molecule has 1 aliphatic heterocycles. The SMILES string of the molecule is CC(C)CC=C(C=Cc1ccc(Cl)cc1)NOCCN1CCCCC1. The Morgan fingerprint density at radius 3 is 2.60 bits per heavy atom. The molecule has 0 saturated carbocycles. The molecule has 3 nitrogen and oxygen atoms in total. The Morgan fingerprint density at radius 1 is 1.20 bits per heavy atom. The average Bonchev–Trinajstić information content (AvgIpc) is 2.62. The molecule has 0 aromatic heterocycles. The number of nitrogens with one attached hydrogen (secondary N) is 1. The van der Waals surface area contributed by atoms with Gasteiger partial charge in [0.2, 0.25) is 0 Å². The van der Waals surface area contributed by atoms with E-state index in [2.05, 4.69) is 42.5 Å². The van der Waals surface area contributed by atoms with Gasteiger partial charge in [-0.15, -0.1) is 0 Å². The van der Waals surface area contributed by atoms with Crippen molar-refractivity contribution in [3.8, 4) is 0 Å². The van der Waals surface area contributed by atoms with Gasteiger partial charge >= 0.3 is 0 Å². The van der Waals surface area contributed by atoms with Gasteiger partial charge in [-0.2, -0.15) is 0 Å². The Hall–Kier alpha value is -1.29. The fraction of sp³-hybridized carbons (Fsp3) is 0.524. The summed E-state index contributed by atoms with van der Waals surface area (Å²) in [5, 5.41) is 0.756. The van der Waals surface area contributed by atoms with Crippen LogP contribution in [-0.4, -0.2) is 31.1 Å². The summed E-state index contributed by atoms with van der Waals surface area (Å²) >= 11 is 5.94. The summed E-state index contributed by atoms with van der Waals surface area (Å²) in [5.74, 6) is 0.620. The van der Waals surface area contributed by atoms with Crippen molar-refractivity contribution in [3.05, 3.63) is 52.7 Å². The quantitative estimate of drug-likeness (QED) is 0.367. The molecular formula is C21H31ClN2O. The normalized spacial score (nSPS) is 16.7. The summed E-state index contributed by atoms with van der Waals surface area (Å²) in [5.41, 5.74) is 5.24. The first-order chi connectivity index (χ1) is 12.1. The lowest BCUT2D eigenvalue weighted by molar-refractivity contribution is 0.0431. The van der Waals surface area contributed by atoms with Gasteiger partial charge in [-0.05, 0) is 62.0 Å². The number of benzene rings is 1. The van der Waals surface area contributed by atoms with Crippen molar-refractivity contribution < 1.29 is 4.84 Å². The zero-order chi connectivity index (χ0) is 17.9. The van der Waals surface area contributed by atoms with Gasteiger partial charge in [0.1, 0.15) is 0 Å². The predicted octanol–water partition coefficient (Wildman–Crippen LogP) is 5.29. The molecule has 1 fully saturated rings. The summed E-state index contributed by atoms with van der Waals surface area (Å²) in [7, 11) is 0. The van der Waals surface area contributed by atoms with E-state index >= 15 is 0 Å². The predicted molar refractivity (Wildman–Crippen MR) is 107 cm³/mol. The van der Waals surface area contributed by atoms with Gasteiger partial charge in [0.05, 0.1) is 12.3 Å². The van der Waals surface area contributed by atoms with Crippen LogP contribution in [0.5, 0.6) is 0 Å². The largest absolute Gasteiger partial charge is 0.301 e. The number of nitrogens with zero attached hydrogens (tertiary/aromatic N) is 1. The van der Waals surface area contributed by atoms with Crippen molar-refractivity contribution in [3.63, 3.8) is 0 Å². The number of hydroxylamine groups is 1. The molecule has 1 saturated heterocycles. The van der Waals surface area contributed by atoms with Crippen molar-refractivity contribution in [1.82, 2.24) is 10.4 Å². The van der Waals surface area contributed by atoms with Crippen LogP contribution in [0.4, 0.5) is 0 Å². The molecule has 0 amide bonds. The molecular weight excluding hydrogens is 332 g/mol. The highest BCUT2D eigenvalue weighted by atomic mass is 35.5. The van der Waals surface area contributed by atoms with Crippen LogP contribution in [0.2, 0.25) is 5.02 Å². The van der Waals surface area contributed by atoms with Crippen LogP contribution >= 0.6 is 11.6 Å². The second kappa shape index (κ2) is 11.3. The summed E-state index contributed by atoms with van der Waals surface area (Å²) in [6, 6.07) is 7.83. The van der Waals surface area contributed by atoms with E-state index in [9.17, 15) is 0 Å². The maximum Gasteiger partial charge on any atom is 0.0873 e. The van der Waals surface area contributed by atoms with Crippen LogP contribution in [0.1, 0.15) is 45.1 Å². The Bertz CT molecular complexity index is 546. The molecule has 1 aromatic rings. The fourth-order valence-electron chi connectivity index (χ4n) is 2.76. The number of halogens is 1. The van der Waals surface area contributed by atoms with Crippen molar-refractivity contribution in [1.29, 1.82) is 0 Å². The van der Waals surface area contributed by atoms with Crippen molar-refractivity contribution in [2.45, 2.75) is 39.5 Å². The van der Waals surface area contributed by atoms with E-state index in [4.69, 9.17) is 16.4 Å². The highest BCUT2D eigenvalue weighted by Crippen LogP contribution is 2.12. The van der Waals surface area contributed by atoms with Gasteiger partial charge in [-0.3, -0.25) is 10.3 Å². The third-order valence-corrected chi connectivity index (χ3v) is 4.53. The Labute approximate surface area is 157 Å². The van der Waals surface area contributed by atoms with Gasteiger partial charge in [0, 0.05) is 11.6 Å². The van der Waals surface area contributed by atoms with Gasteiger partial charge in [0.15, 0.2) is 0 Å². The van der Waals surface area contributed by atoms with E-state index in [1.807, 2.05) is 24.3 Å². The monoisotopic (exact) mass is 362 g/mol.